The molecule has 0 N–H and O–H groups in total. The molecule has 5 rings (SSSR count). The molecule has 2 aromatic carbocycles. The molecule has 0 saturated heterocycles. The van der Waals surface area contributed by atoms with Crippen molar-refractivity contribution in [3.05, 3.63) is 47.4 Å². The van der Waals surface area contributed by atoms with Gasteiger partial charge in [-0.3, -0.25) is 4.98 Å². The summed E-state index contributed by atoms with van der Waals surface area (Å²) in [6.07, 6.45) is 2.40. The number of pyridine rings is 1. The number of thiazole rings is 1. The number of aromatic nitrogens is 2. The fourth-order valence-corrected chi connectivity index (χ4v) is 4.80. The maximum atomic E-state index is 14.4. The molecule has 0 amide bonds. The van der Waals surface area contributed by atoms with Crippen LogP contribution in [0.4, 0.5) is 4.39 Å². The number of rotatable bonds is 2. The number of halogens is 1. The van der Waals surface area contributed by atoms with Gasteiger partial charge < -0.3 is 9.47 Å². The SMILES string of the molecule is COc1cnc2c(-c3nc4cc(F)c5c(c4s3)C[C@@H](C)O5)cc(C)cc2c1. The molecule has 6 heteroatoms. The minimum atomic E-state index is -0.337. The van der Waals surface area contributed by atoms with Gasteiger partial charge in [0.2, 0.25) is 0 Å². The molecule has 0 fully saturated rings. The molecule has 4 aromatic rings. The molecule has 27 heavy (non-hydrogen) atoms. The third-order valence-electron chi connectivity index (χ3n) is 4.86. The van der Waals surface area contributed by atoms with E-state index in [0.717, 1.165) is 43.1 Å². The molecular weight excluding hydrogens is 363 g/mol. The highest BCUT2D eigenvalue weighted by atomic mass is 32.1. The van der Waals surface area contributed by atoms with Crippen molar-refractivity contribution in [1.29, 1.82) is 0 Å². The summed E-state index contributed by atoms with van der Waals surface area (Å²) in [7, 11) is 1.63. The highest BCUT2D eigenvalue weighted by Crippen LogP contribution is 2.43. The standard InChI is InChI=1S/C21H17FN2O2S/c1-10-4-12-7-13(25-3)9-23-18(12)14(5-10)21-24-17-8-16(22)19-15(20(17)27-21)6-11(2)26-19/h4-5,7-9,11H,6H2,1-3H3/t11-/m1/s1. The van der Waals surface area contributed by atoms with Crippen LogP contribution in [0.5, 0.6) is 11.5 Å². The lowest BCUT2D eigenvalue weighted by atomic mass is 10.1. The molecule has 0 radical (unpaired) electrons. The van der Waals surface area contributed by atoms with Crippen LogP contribution in [-0.2, 0) is 6.42 Å². The molecule has 0 saturated carbocycles. The van der Waals surface area contributed by atoms with Gasteiger partial charge in [0.05, 0.1) is 29.0 Å². The van der Waals surface area contributed by atoms with E-state index in [4.69, 9.17) is 14.5 Å². The topological polar surface area (TPSA) is 44.2 Å². The first-order valence-electron chi connectivity index (χ1n) is 8.77. The molecule has 2 aromatic heterocycles. The molecule has 4 nitrogen and oxygen atoms in total. The first-order valence-corrected chi connectivity index (χ1v) is 9.58. The van der Waals surface area contributed by atoms with Crippen LogP contribution in [0.25, 0.3) is 31.7 Å². The van der Waals surface area contributed by atoms with Gasteiger partial charge in [-0.15, -0.1) is 11.3 Å². The quantitative estimate of drug-likeness (QED) is 0.474. The van der Waals surface area contributed by atoms with Gasteiger partial charge in [0, 0.05) is 29.0 Å². The summed E-state index contributed by atoms with van der Waals surface area (Å²) >= 11 is 1.57. The van der Waals surface area contributed by atoms with Gasteiger partial charge in [0.25, 0.3) is 0 Å². The zero-order valence-electron chi connectivity index (χ0n) is 15.2. The van der Waals surface area contributed by atoms with E-state index in [1.54, 1.807) is 24.6 Å². The summed E-state index contributed by atoms with van der Waals surface area (Å²) in [4.78, 5) is 9.32. The van der Waals surface area contributed by atoms with E-state index in [1.165, 1.54) is 6.07 Å². The number of hydrogen-bond acceptors (Lipinski definition) is 5. The number of aryl methyl sites for hydroxylation is 1. The lowest BCUT2D eigenvalue weighted by Crippen LogP contribution is -2.05. The van der Waals surface area contributed by atoms with Crippen LogP contribution in [0.3, 0.4) is 0 Å². The lowest BCUT2D eigenvalue weighted by molar-refractivity contribution is 0.245. The van der Waals surface area contributed by atoms with Crippen LogP contribution in [0, 0.1) is 12.7 Å². The lowest BCUT2D eigenvalue weighted by Gasteiger charge is -2.07. The number of benzene rings is 2. The van der Waals surface area contributed by atoms with Crippen molar-refractivity contribution in [1.82, 2.24) is 9.97 Å². The second-order valence-electron chi connectivity index (χ2n) is 6.93. The molecule has 1 atom stereocenters. The molecule has 3 heterocycles. The van der Waals surface area contributed by atoms with E-state index < -0.39 is 0 Å². The summed E-state index contributed by atoms with van der Waals surface area (Å²) in [5.74, 6) is 0.757. The fourth-order valence-electron chi connectivity index (χ4n) is 3.69. The van der Waals surface area contributed by atoms with E-state index >= 15 is 0 Å². The van der Waals surface area contributed by atoms with E-state index in [2.05, 4.69) is 17.1 Å². The first-order chi connectivity index (χ1) is 13.0. The average Bonchev–Trinajstić information content (AvgIpc) is 3.23. The summed E-state index contributed by atoms with van der Waals surface area (Å²) in [6, 6.07) is 7.60. The van der Waals surface area contributed by atoms with Crippen molar-refractivity contribution in [3.63, 3.8) is 0 Å². The average molecular weight is 380 g/mol. The van der Waals surface area contributed by atoms with Crippen LogP contribution in [0.2, 0.25) is 0 Å². The normalized spacial score (nSPS) is 15.9. The van der Waals surface area contributed by atoms with Crippen LogP contribution in [0.15, 0.2) is 30.5 Å². The Morgan fingerprint density at radius 3 is 2.93 bits per heavy atom. The van der Waals surface area contributed by atoms with Crippen molar-refractivity contribution in [3.8, 4) is 22.1 Å². The van der Waals surface area contributed by atoms with Gasteiger partial charge >= 0.3 is 0 Å². The van der Waals surface area contributed by atoms with Crippen LogP contribution in [-0.4, -0.2) is 23.2 Å². The number of ether oxygens (including phenoxy) is 2. The molecular formula is C21H17FN2O2S. The smallest absolute Gasteiger partial charge is 0.167 e. The number of methoxy groups -OCH3 is 1. The Labute approximate surface area is 159 Å². The number of hydrogen-bond donors (Lipinski definition) is 0. The summed E-state index contributed by atoms with van der Waals surface area (Å²) < 4.78 is 26.4. The third kappa shape index (κ3) is 2.55. The molecule has 1 aliphatic rings. The van der Waals surface area contributed by atoms with Crippen molar-refractivity contribution >= 4 is 32.5 Å². The minimum Gasteiger partial charge on any atom is -0.495 e. The van der Waals surface area contributed by atoms with Crippen molar-refractivity contribution < 1.29 is 13.9 Å². The highest BCUT2D eigenvalue weighted by Gasteiger charge is 2.27. The van der Waals surface area contributed by atoms with Crippen LogP contribution >= 0.6 is 11.3 Å². The zero-order chi connectivity index (χ0) is 18.7. The Bertz CT molecular complexity index is 1220. The monoisotopic (exact) mass is 380 g/mol. The van der Waals surface area contributed by atoms with E-state index in [1.807, 2.05) is 19.9 Å². The van der Waals surface area contributed by atoms with Crippen LogP contribution in [0.1, 0.15) is 18.1 Å². The highest BCUT2D eigenvalue weighted by molar-refractivity contribution is 7.22. The van der Waals surface area contributed by atoms with Gasteiger partial charge in [-0.1, -0.05) is 0 Å². The van der Waals surface area contributed by atoms with E-state index in [-0.39, 0.29) is 11.9 Å². The van der Waals surface area contributed by atoms with Gasteiger partial charge in [-0.05, 0) is 37.6 Å². The minimum absolute atomic E-state index is 0.0143. The van der Waals surface area contributed by atoms with Gasteiger partial charge in [0.15, 0.2) is 11.6 Å². The van der Waals surface area contributed by atoms with Gasteiger partial charge in [-0.2, -0.15) is 0 Å². The maximum absolute atomic E-state index is 14.4. The summed E-state index contributed by atoms with van der Waals surface area (Å²) in [6.45, 7) is 4.00. The molecule has 136 valence electrons. The molecule has 0 unspecified atom stereocenters. The maximum Gasteiger partial charge on any atom is 0.167 e. The molecule has 0 spiro atoms. The first kappa shape index (κ1) is 16.4. The Hall–Kier alpha value is -2.73. The Morgan fingerprint density at radius 1 is 1.26 bits per heavy atom. The van der Waals surface area contributed by atoms with Crippen LogP contribution < -0.4 is 9.47 Å². The van der Waals surface area contributed by atoms with Crippen molar-refractivity contribution in [2.45, 2.75) is 26.4 Å². The Balaban J connectivity index is 1.76. The summed E-state index contributed by atoms with van der Waals surface area (Å²) in [5.41, 5.74) is 4.53. The van der Waals surface area contributed by atoms with Gasteiger partial charge in [-0.25, -0.2) is 9.37 Å². The predicted octanol–water partition coefficient (Wildman–Crippen LogP) is 5.29. The second kappa shape index (κ2) is 5.89. The predicted molar refractivity (Wildman–Crippen MR) is 105 cm³/mol. The largest absolute Gasteiger partial charge is 0.495 e. The number of nitrogens with zero attached hydrogens (tertiary/aromatic N) is 2. The Kier molecular flexibility index (Phi) is 3.59. The molecule has 0 aliphatic carbocycles. The molecule has 1 aliphatic heterocycles. The van der Waals surface area contributed by atoms with E-state index in [0.29, 0.717) is 17.7 Å². The molecule has 0 bridgehead atoms. The van der Waals surface area contributed by atoms with E-state index in [9.17, 15) is 4.39 Å². The number of fused-ring (bicyclic) bond motifs is 4. The Morgan fingerprint density at radius 2 is 2.11 bits per heavy atom. The van der Waals surface area contributed by atoms with Gasteiger partial charge in [0.1, 0.15) is 16.9 Å². The van der Waals surface area contributed by atoms with Crippen molar-refractivity contribution in [2.24, 2.45) is 0 Å². The third-order valence-corrected chi connectivity index (χ3v) is 6.03. The summed E-state index contributed by atoms with van der Waals surface area (Å²) in [5, 5.41) is 1.83. The van der Waals surface area contributed by atoms with Crippen molar-refractivity contribution in [2.75, 3.05) is 7.11 Å². The zero-order valence-corrected chi connectivity index (χ0v) is 16.0. The second-order valence-corrected chi connectivity index (χ2v) is 7.92. The fraction of sp³-hybridized carbons (Fsp3) is 0.238.